The Balaban J connectivity index is 0.000000208. The molecule has 1 fully saturated rings. The summed E-state index contributed by atoms with van der Waals surface area (Å²) >= 11 is 1.73. The fraction of sp³-hybridized carbons (Fsp3) is 0.375. The number of rotatable bonds is 10. The zero-order valence-corrected chi connectivity index (χ0v) is 26.5. The van der Waals surface area contributed by atoms with E-state index < -0.39 is 5.97 Å². The van der Waals surface area contributed by atoms with Crippen LogP contribution in [0.5, 0.6) is 0 Å². The van der Waals surface area contributed by atoms with Crippen LogP contribution < -0.4 is 4.90 Å². The van der Waals surface area contributed by atoms with Crippen LogP contribution in [0.2, 0.25) is 0 Å². The lowest BCUT2D eigenvalue weighted by molar-refractivity contribution is -0.137. The average Bonchev–Trinajstić information content (AvgIpc) is 3.80. The van der Waals surface area contributed by atoms with Crippen molar-refractivity contribution in [3.8, 4) is 0 Å². The SMILES string of the molecule is CCc1cc2c(N3CCN(C(=O)CCCn4nc5ccccc5n4)CC3)ncnc2s1.O=C(O)CCCn1nc2ccccc2n1. The molecule has 0 radical (unpaired) electrons. The Labute approximate surface area is 269 Å². The lowest BCUT2D eigenvalue weighted by atomic mass is 10.2. The molecule has 0 saturated carbocycles. The predicted octanol–water partition coefficient (Wildman–Crippen LogP) is 4.42. The summed E-state index contributed by atoms with van der Waals surface area (Å²) < 4.78 is 0. The minimum atomic E-state index is -0.785. The fourth-order valence-corrected chi connectivity index (χ4v) is 6.33. The first-order chi connectivity index (χ1) is 22.5. The van der Waals surface area contributed by atoms with Crippen LogP contribution in [0.3, 0.4) is 0 Å². The maximum atomic E-state index is 12.7. The van der Waals surface area contributed by atoms with Crippen molar-refractivity contribution in [3.63, 3.8) is 0 Å². The first-order valence-electron chi connectivity index (χ1n) is 15.5. The highest BCUT2D eigenvalue weighted by molar-refractivity contribution is 7.18. The molecule has 0 aliphatic carbocycles. The Kier molecular flexibility index (Phi) is 9.72. The summed E-state index contributed by atoms with van der Waals surface area (Å²) in [4.78, 5) is 41.8. The number of nitrogens with zero attached hydrogens (tertiary/aromatic N) is 10. The molecule has 238 valence electrons. The topological polar surface area (TPSA) is 148 Å². The number of fused-ring (bicyclic) bond motifs is 3. The number of piperazine rings is 1. The monoisotopic (exact) mass is 640 g/mol. The van der Waals surface area contributed by atoms with Gasteiger partial charge in [0.25, 0.3) is 0 Å². The summed E-state index contributed by atoms with van der Waals surface area (Å²) in [6.07, 6.45) is 4.61. The second-order valence-electron chi connectivity index (χ2n) is 11.0. The van der Waals surface area contributed by atoms with Gasteiger partial charge in [0.2, 0.25) is 5.91 Å². The van der Waals surface area contributed by atoms with Crippen LogP contribution >= 0.6 is 11.3 Å². The number of carboxylic acid groups (broad SMARTS) is 1. The molecule has 2 aromatic carbocycles. The van der Waals surface area contributed by atoms with Crippen molar-refractivity contribution in [1.29, 1.82) is 0 Å². The number of amides is 1. The zero-order chi connectivity index (χ0) is 31.9. The number of hydrogen-bond acceptors (Lipinski definition) is 10. The summed E-state index contributed by atoms with van der Waals surface area (Å²) in [5.74, 6) is 0.407. The van der Waals surface area contributed by atoms with E-state index in [1.807, 2.05) is 53.4 Å². The Morgan fingerprint density at radius 3 is 1.85 bits per heavy atom. The van der Waals surface area contributed by atoms with E-state index in [4.69, 9.17) is 5.11 Å². The molecular formula is C32H36N10O3S. The van der Waals surface area contributed by atoms with Crippen molar-refractivity contribution in [2.45, 2.75) is 52.1 Å². The lowest BCUT2D eigenvalue weighted by Gasteiger charge is -2.35. The largest absolute Gasteiger partial charge is 0.481 e. The zero-order valence-electron chi connectivity index (χ0n) is 25.7. The van der Waals surface area contributed by atoms with Gasteiger partial charge in [-0.25, -0.2) is 9.97 Å². The van der Waals surface area contributed by atoms with E-state index in [0.29, 0.717) is 25.9 Å². The number of aromatic nitrogens is 8. The summed E-state index contributed by atoms with van der Waals surface area (Å²) in [5.41, 5.74) is 3.46. The summed E-state index contributed by atoms with van der Waals surface area (Å²) in [6.45, 7) is 6.38. The molecule has 5 heterocycles. The van der Waals surface area contributed by atoms with Crippen molar-refractivity contribution in [2.24, 2.45) is 0 Å². The Morgan fingerprint density at radius 2 is 1.33 bits per heavy atom. The second-order valence-corrected chi connectivity index (χ2v) is 12.1. The van der Waals surface area contributed by atoms with Gasteiger partial charge in [0.15, 0.2) is 0 Å². The van der Waals surface area contributed by atoms with Crippen molar-refractivity contribution < 1.29 is 14.7 Å². The Bertz CT molecular complexity index is 1880. The number of carbonyl (C=O) groups excluding carboxylic acids is 1. The van der Waals surface area contributed by atoms with Gasteiger partial charge >= 0.3 is 5.97 Å². The third-order valence-electron chi connectivity index (χ3n) is 7.79. The van der Waals surface area contributed by atoms with Crippen molar-refractivity contribution in [2.75, 3.05) is 31.1 Å². The Morgan fingerprint density at radius 1 is 0.783 bits per heavy atom. The molecule has 1 aliphatic heterocycles. The van der Waals surface area contributed by atoms with E-state index in [1.165, 1.54) is 4.88 Å². The van der Waals surface area contributed by atoms with Crippen LogP contribution in [-0.2, 0) is 29.1 Å². The summed E-state index contributed by atoms with van der Waals surface area (Å²) in [5, 5.41) is 27.0. The molecule has 7 rings (SSSR count). The number of carbonyl (C=O) groups is 2. The van der Waals surface area contributed by atoms with E-state index in [-0.39, 0.29) is 12.3 Å². The van der Waals surface area contributed by atoms with E-state index >= 15 is 0 Å². The quantitative estimate of drug-likeness (QED) is 0.228. The first kappa shape index (κ1) is 31.0. The van der Waals surface area contributed by atoms with E-state index in [2.05, 4.69) is 48.3 Å². The van der Waals surface area contributed by atoms with Gasteiger partial charge in [0, 0.05) is 43.9 Å². The van der Waals surface area contributed by atoms with Crippen LogP contribution in [0.15, 0.2) is 60.9 Å². The summed E-state index contributed by atoms with van der Waals surface area (Å²) in [6, 6.07) is 17.6. The molecule has 6 aromatic rings. The predicted molar refractivity (Wildman–Crippen MR) is 177 cm³/mol. The molecule has 1 N–H and O–H groups in total. The molecule has 0 bridgehead atoms. The van der Waals surface area contributed by atoms with Gasteiger partial charge < -0.3 is 14.9 Å². The third-order valence-corrected chi connectivity index (χ3v) is 8.98. The molecule has 1 saturated heterocycles. The minimum Gasteiger partial charge on any atom is -0.481 e. The highest BCUT2D eigenvalue weighted by atomic mass is 32.1. The van der Waals surface area contributed by atoms with Gasteiger partial charge in [0.1, 0.15) is 39.0 Å². The molecule has 13 nitrogen and oxygen atoms in total. The molecular weight excluding hydrogens is 604 g/mol. The number of aliphatic carboxylic acids is 1. The van der Waals surface area contributed by atoms with Gasteiger partial charge in [-0.05, 0) is 49.6 Å². The maximum Gasteiger partial charge on any atom is 0.303 e. The summed E-state index contributed by atoms with van der Waals surface area (Å²) in [7, 11) is 0. The van der Waals surface area contributed by atoms with E-state index in [9.17, 15) is 9.59 Å². The number of aryl methyl sites for hydroxylation is 3. The smallest absolute Gasteiger partial charge is 0.303 e. The van der Waals surface area contributed by atoms with Crippen LogP contribution in [0.4, 0.5) is 5.82 Å². The lowest BCUT2D eigenvalue weighted by Crippen LogP contribution is -2.49. The fourth-order valence-electron chi connectivity index (χ4n) is 5.40. The number of hydrogen-bond donors (Lipinski definition) is 1. The van der Waals surface area contributed by atoms with Gasteiger partial charge in [-0.2, -0.15) is 30.0 Å². The van der Waals surface area contributed by atoms with Crippen LogP contribution in [-0.4, -0.2) is 88.0 Å². The molecule has 1 aliphatic rings. The Hall–Kier alpha value is -4.98. The van der Waals surface area contributed by atoms with Gasteiger partial charge in [-0.15, -0.1) is 11.3 Å². The standard InChI is InChI=1S/C22H25N7OS.C10H11N3O2/c1-2-16-14-17-21(23-15-24-22(17)31-16)28-12-10-27(11-13-28)20(30)8-5-9-29-25-18-6-3-4-7-19(18)26-29;14-10(15)6-3-7-13-11-8-4-1-2-5-9(8)12-13/h3-4,6-7,14-15H,2,5,8-13H2,1H3;1-2,4-5H,3,6-7H2,(H,14,15). The van der Waals surface area contributed by atoms with Crippen LogP contribution in [0.1, 0.15) is 37.5 Å². The second kappa shape index (κ2) is 14.4. The van der Waals surface area contributed by atoms with Crippen LogP contribution in [0, 0.1) is 0 Å². The maximum absolute atomic E-state index is 12.7. The minimum absolute atomic E-state index is 0.151. The highest BCUT2D eigenvalue weighted by Gasteiger charge is 2.23. The van der Waals surface area contributed by atoms with E-state index in [0.717, 1.165) is 77.1 Å². The van der Waals surface area contributed by atoms with Crippen LogP contribution in [0.25, 0.3) is 32.3 Å². The molecule has 14 heteroatoms. The van der Waals surface area contributed by atoms with E-state index in [1.54, 1.807) is 27.3 Å². The van der Waals surface area contributed by atoms with Crippen molar-refractivity contribution in [3.05, 3.63) is 65.8 Å². The molecule has 1 amide bonds. The van der Waals surface area contributed by atoms with Crippen molar-refractivity contribution >= 4 is 61.3 Å². The van der Waals surface area contributed by atoms with Crippen molar-refractivity contribution in [1.82, 2.24) is 44.9 Å². The normalized spacial score (nSPS) is 13.3. The van der Waals surface area contributed by atoms with Gasteiger partial charge in [0.05, 0.1) is 18.5 Å². The molecule has 0 spiro atoms. The number of carboxylic acids is 1. The van der Waals surface area contributed by atoms with Gasteiger partial charge in [-0.3, -0.25) is 9.59 Å². The number of thiophene rings is 1. The number of anilines is 1. The number of benzene rings is 2. The molecule has 46 heavy (non-hydrogen) atoms. The third kappa shape index (κ3) is 7.45. The average molecular weight is 641 g/mol. The molecule has 0 atom stereocenters. The van der Waals surface area contributed by atoms with Gasteiger partial charge in [-0.1, -0.05) is 31.2 Å². The first-order valence-corrected chi connectivity index (χ1v) is 16.4. The molecule has 4 aromatic heterocycles. The molecule has 0 unspecified atom stereocenters. The highest BCUT2D eigenvalue weighted by Crippen LogP contribution is 2.31.